The Labute approximate surface area is 115 Å². The van der Waals surface area contributed by atoms with Crippen LogP contribution in [-0.2, 0) is 12.8 Å². The van der Waals surface area contributed by atoms with E-state index in [1.165, 1.54) is 40.7 Å². The van der Waals surface area contributed by atoms with Crippen molar-refractivity contribution in [1.82, 2.24) is 0 Å². The fourth-order valence-corrected chi connectivity index (χ4v) is 4.23. The van der Waals surface area contributed by atoms with Crippen LogP contribution in [0.15, 0.2) is 34.9 Å². The second-order valence-electron chi connectivity index (χ2n) is 5.10. The van der Waals surface area contributed by atoms with Gasteiger partial charge in [0.25, 0.3) is 0 Å². The predicted molar refractivity (Wildman–Crippen MR) is 80.6 cm³/mol. The quantitative estimate of drug-likeness (QED) is 0.700. The van der Waals surface area contributed by atoms with Crippen LogP contribution in [0.1, 0.15) is 23.3 Å². The first-order valence-corrected chi connectivity index (χ1v) is 7.53. The van der Waals surface area contributed by atoms with Crippen LogP contribution in [0.3, 0.4) is 0 Å². The summed E-state index contributed by atoms with van der Waals surface area (Å²) >= 11 is 1.76. The molecule has 2 nitrogen and oxygen atoms in total. The van der Waals surface area contributed by atoms with Gasteiger partial charge in [0.05, 0.1) is 11.3 Å². The van der Waals surface area contributed by atoms with Gasteiger partial charge < -0.3 is 10.2 Å². The van der Waals surface area contributed by atoms with Gasteiger partial charge in [-0.05, 0) is 37.3 Å². The number of aryl methyl sites for hydroxylation is 1. The molecule has 1 aromatic carbocycles. The number of fused-ring (bicyclic) bond motifs is 2. The Morgan fingerprint density at radius 3 is 2.89 bits per heavy atom. The summed E-state index contributed by atoms with van der Waals surface area (Å²) in [6, 6.07) is 8.17. The lowest BCUT2D eigenvalue weighted by atomic mass is 9.92. The van der Waals surface area contributed by atoms with Crippen LogP contribution in [0, 0.1) is 0 Å². The molecule has 4 rings (SSSR count). The van der Waals surface area contributed by atoms with Gasteiger partial charge in [-0.2, -0.15) is 0 Å². The molecule has 2 aromatic heterocycles. The maximum Gasteiger partial charge on any atom is 0.134 e. The highest BCUT2D eigenvalue weighted by atomic mass is 32.1. The molecule has 2 N–H and O–H groups in total. The summed E-state index contributed by atoms with van der Waals surface area (Å²) in [6.07, 6.45) is 6.75. The zero-order chi connectivity index (χ0) is 12.8. The van der Waals surface area contributed by atoms with Crippen molar-refractivity contribution in [3.05, 3.63) is 41.0 Å². The number of furan rings is 1. The van der Waals surface area contributed by atoms with Crippen LogP contribution < -0.4 is 5.73 Å². The van der Waals surface area contributed by atoms with Gasteiger partial charge in [0.2, 0.25) is 0 Å². The summed E-state index contributed by atoms with van der Waals surface area (Å²) in [5.74, 6) is 0. The van der Waals surface area contributed by atoms with Crippen molar-refractivity contribution in [2.75, 3.05) is 5.73 Å². The topological polar surface area (TPSA) is 39.2 Å². The van der Waals surface area contributed by atoms with Crippen molar-refractivity contribution in [3.63, 3.8) is 0 Å². The summed E-state index contributed by atoms with van der Waals surface area (Å²) < 4.78 is 5.67. The van der Waals surface area contributed by atoms with Gasteiger partial charge in [-0.3, -0.25) is 0 Å². The zero-order valence-electron chi connectivity index (χ0n) is 10.6. The Hall–Kier alpha value is -1.74. The van der Waals surface area contributed by atoms with E-state index < -0.39 is 0 Å². The Morgan fingerprint density at radius 2 is 1.95 bits per heavy atom. The van der Waals surface area contributed by atoms with Crippen molar-refractivity contribution in [2.45, 2.75) is 25.7 Å². The fraction of sp³-hybridized carbons (Fsp3) is 0.250. The SMILES string of the molecule is Nc1sc2c(c1-c1coc3ccccc13)CCCC2. The van der Waals surface area contributed by atoms with Crippen LogP contribution in [0.5, 0.6) is 0 Å². The highest BCUT2D eigenvalue weighted by molar-refractivity contribution is 7.16. The third-order valence-electron chi connectivity index (χ3n) is 3.95. The number of hydrogen-bond donors (Lipinski definition) is 1. The molecule has 1 aliphatic carbocycles. The summed E-state index contributed by atoms with van der Waals surface area (Å²) in [5.41, 5.74) is 11.1. The maximum absolute atomic E-state index is 6.28. The number of anilines is 1. The van der Waals surface area contributed by atoms with E-state index in [-0.39, 0.29) is 0 Å². The number of rotatable bonds is 1. The van der Waals surface area contributed by atoms with E-state index in [4.69, 9.17) is 10.2 Å². The van der Waals surface area contributed by atoms with Gasteiger partial charge in [-0.15, -0.1) is 11.3 Å². The van der Waals surface area contributed by atoms with Crippen molar-refractivity contribution in [2.24, 2.45) is 0 Å². The first-order valence-electron chi connectivity index (χ1n) is 6.71. The van der Waals surface area contributed by atoms with Gasteiger partial charge in [0.1, 0.15) is 5.58 Å². The zero-order valence-corrected chi connectivity index (χ0v) is 11.4. The Kier molecular flexibility index (Phi) is 2.42. The smallest absolute Gasteiger partial charge is 0.134 e. The minimum absolute atomic E-state index is 0.938. The van der Waals surface area contributed by atoms with E-state index in [2.05, 4.69) is 12.1 Å². The van der Waals surface area contributed by atoms with E-state index in [1.807, 2.05) is 18.4 Å². The molecule has 0 unspecified atom stereocenters. The van der Waals surface area contributed by atoms with Gasteiger partial charge in [-0.1, -0.05) is 18.2 Å². The van der Waals surface area contributed by atoms with Crippen molar-refractivity contribution >= 4 is 27.3 Å². The van der Waals surface area contributed by atoms with E-state index in [9.17, 15) is 0 Å². The largest absolute Gasteiger partial charge is 0.464 e. The molecule has 0 fully saturated rings. The molecular formula is C16H15NOS. The molecule has 0 radical (unpaired) electrons. The van der Waals surface area contributed by atoms with E-state index in [1.54, 1.807) is 11.3 Å². The first kappa shape index (κ1) is 11.1. The molecule has 1 aliphatic rings. The molecule has 19 heavy (non-hydrogen) atoms. The third kappa shape index (κ3) is 1.61. The van der Waals surface area contributed by atoms with Crippen LogP contribution in [-0.4, -0.2) is 0 Å². The van der Waals surface area contributed by atoms with Crippen LogP contribution in [0.2, 0.25) is 0 Å². The predicted octanol–water partition coefficient (Wildman–Crippen LogP) is 4.62. The highest BCUT2D eigenvalue weighted by Crippen LogP contribution is 2.45. The molecule has 3 aromatic rings. The Morgan fingerprint density at radius 1 is 1.11 bits per heavy atom. The second-order valence-corrected chi connectivity index (χ2v) is 6.23. The number of hydrogen-bond acceptors (Lipinski definition) is 3. The summed E-state index contributed by atoms with van der Waals surface area (Å²) in [4.78, 5) is 1.48. The third-order valence-corrected chi connectivity index (χ3v) is 5.07. The standard InChI is InChI=1S/C16H15NOS/c17-16-15(11-6-2-4-8-14(11)19-16)12-9-18-13-7-3-1-5-10(12)13/h1,3,5,7,9H,2,4,6,8,17H2. The molecule has 3 heteroatoms. The van der Waals surface area contributed by atoms with Crippen LogP contribution in [0.4, 0.5) is 5.00 Å². The van der Waals surface area contributed by atoms with Crippen LogP contribution in [0.25, 0.3) is 22.1 Å². The summed E-state index contributed by atoms with van der Waals surface area (Å²) in [7, 11) is 0. The minimum atomic E-state index is 0.938. The normalized spacial score (nSPS) is 14.7. The number of para-hydroxylation sites is 1. The van der Waals surface area contributed by atoms with Crippen molar-refractivity contribution in [1.29, 1.82) is 0 Å². The monoisotopic (exact) mass is 269 g/mol. The van der Waals surface area contributed by atoms with Crippen molar-refractivity contribution < 1.29 is 4.42 Å². The van der Waals surface area contributed by atoms with Gasteiger partial charge in [0.15, 0.2) is 0 Å². The van der Waals surface area contributed by atoms with E-state index >= 15 is 0 Å². The van der Waals surface area contributed by atoms with Gasteiger partial charge in [-0.25, -0.2) is 0 Å². The second kappa shape index (κ2) is 4.14. The molecule has 96 valence electrons. The number of thiophene rings is 1. The summed E-state index contributed by atoms with van der Waals surface area (Å²) in [5, 5.41) is 2.11. The van der Waals surface area contributed by atoms with Gasteiger partial charge in [0, 0.05) is 21.4 Å². The van der Waals surface area contributed by atoms with Crippen LogP contribution >= 0.6 is 11.3 Å². The average Bonchev–Trinajstić information content (AvgIpc) is 2.98. The molecule has 0 saturated heterocycles. The number of nitrogens with two attached hydrogens (primary N) is 1. The lowest BCUT2D eigenvalue weighted by Gasteiger charge is -2.12. The molecule has 0 spiro atoms. The Balaban J connectivity index is 2.00. The molecule has 0 bridgehead atoms. The molecule has 2 heterocycles. The number of nitrogen functional groups attached to an aromatic ring is 1. The lowest BCUT2D eigenvalue weighted by Crippen LogP contribution is -1.99. The van der Waals surface area contributed by atoms with E-state index in [0.717, 1.165) is 22.6 Å². The first-order chi connectivity index (χ1) is 9.34. The minimum Gasteiger partial charge on any atom is -0.464 e. The van der Waals surface area contributed by atoms with E-state index in [0.29, 0.717) is 0 Å². The van der Waals surface area contributed by atoms with Crippen molar-refractivity contribution in [3.8, 4) is 11.1 Å². The molecule has 0 saturated carbocycles. The Bertz CT molecular complexity index is 753. The molecule has 0 aliphatic heterocycles. The number of benzene rings is 1. The molecule has 0 amide bonds. The molecular weight excluding hydrogens is 254 g/mol. The average molecular weight is 269 g/mol. The fourth-order valence-electron chi connectivity index (χ4n) is 3.05. The molecule has 0 atom stereocenters. The highest BCUT2D eigenvalue weighted by Gasteiger charge is 2.22. The maximum atomic E-state index is 6.28. The lowest BCUT2D eigenvalue weighted by molar-refractivity contribution is 0.617. The van der Waals surface area contributed by atoms with Gasteiger partial charge >= 0.3 is 0 Å². The summed E-state index contributed by atoms with van der Waals surface area (Å²) in [6.45, 7) is 0.